The number of piperazine rings is 1. The molecular weight excluding hydrogens is 268 g/mol. The van der Waals surface area contributed by atoms with E-state index in [1.54, 1.807) is 23.5 Å². The fourth-order valence-corrected chi connectivity index (χ4v) is 2.34. The van der Waals surface area contributed by atoms with Crippen molar-refractivity contribution in [3.8, 4) is 0 Å². The summed E-state index contributed by atoms with van der Waals surface area (Å²) < 4.78 is 5.43. The first kappa shape index (κ1) is 15.7. The summed E-state index contributed by atoms with van der Waals surface area (Å²) in [5.41, 5.74) is 0.506. The Labute approximate surface area is 126 Å². The molecule has 1 unspecified atom stereocenters. The first-order valence-electron chi connectivity index (χ1n) is 7.32. The molecule has 0 aliphatic carbocycles. The van der Waals surface area contributed by atoms with Gasteiger partial charge in [-0.2, -0.15) is 0 Å². The van der Waals surface area contributed by atoms with Gasteiger partial charge in [-0.3, -0.25) is 14.9 Å². The standard InChI is InChI=1S/C15H24N4O2/c1-12-10-19(14(20)21-15(2,3)4)8-7-18(12)11-13-9-16-5-6-17-13/h5-6,9,12H,7-8,10-11H2,1-4H3. The molecule has 0 saturated carbocycles. The van der Waals surface area contributed by atoms with Crippen LogP contribution in [0.5, 0.6) is 0 Å². The average molecular weight is 292 g/mol. The summed E-state index contributed by atoms with van der Waals surface area (Å²) >= 11 is 0. The van der Waals surface area contributed by atoms with Gasteiger partial charge in [-0.1, -0.05) is 0 Å². The first-order chi connectivity index (χ1) is 9.85. The van der Waals surface area contributed by atoms with Crippen LogP contribution >= 0.6 is 0 Å². The molecule has 1 aliphatic heterocycles. The van der Waals surface area contributed by atoms with Gasteiger partial charge >= 0.3 is 6.09 Å². The summed E-state index contributed by atoms with van der Waals surface area (Å²) in [5.74, 6) is 0. The highest BCUT2D eigenvalue weighted by molar-refractivity contribution is 5.68. The molecule has 1 saturated heterocycles. The molecule has 0 spiro atoms. The Morgan fingerprint density at radius 3 is 2.71 bits per heavy atom. The second-order valence-electron chi connectivity index (χ2n) is 6.44. The van der Waals surface area contributed by atoms with Gasteiger partial charge in [-0.05, 0) is 27.7 Å². The quantitative estimate of drug-likeness (QED) is 0.833. The number of hydrogen-bond donors (Lipinski definition) is 0. The normalized spacial score (nSPS) is 20.4. The van der Waals surface area contributed by atoms with Crippen molar-refractivity contribution in [1.29, 1.82) is 0 Å². The second kappa shape index (κ2) is 6.39. The van der Waals surface area contributed by atoms with E-state index in [4.69, 9.17) is 4.74 Å². The smallest absolute Gasteiger partial charge is 0.410 e. The molecule has 2 rings (SSSR count). The van der Waals surface area contributed by atoms with Gasteiger partial charge in [0.25, 0.3) is 0 Å². The largest absolute Gasteiger partial charge is 0.444 e. The zero-order valence-electron chi connectivity index (χ0n) is 13.2. The van der Waals surface area contributed by atoms with Crippen molar-refractivity contribution < 1.29 is 9.53 Å². The van der Waals surface area contributed by atoms with Gasteiger partial charge < -0.3 is 9.64 Å². The Balaban J connectivity index is 1.89. The van der Waals surface area contributed by atoms with E-state index < -0.39 is 5.60 Å². The zero-order chi connectivity index (χ0) is 15.5. The number of carbonyl (C=O) groups is 1. The fourth-order valence-electron chi connectivity index (χ4n) is 2.34. The van der Waals surface area contributed by atoms with Crippen LogP contribution in [0.4, 0.5) is 4.79 Å². The number of nitrogens with zero attached hydrogens (tertiary/aromatic N) is 4. The van der Waals surface area contributed by atoms with Crippen molar-refractivity contribution >= 4 is 6.09 Å². The molecule has 0 N–H and O–H groups in total. The summed E-state index contributed by atoms with van der Waals surface area (Å²) in [6, 6.07) is 0.272. The maximum atomic E-state index is 12.1. The minimum absolute atomic E-state index is 0.228. The molecule has 1 atom stereocenters. The highest BCUT2D eigenvalue weighted by atomic mass is 16.6. The van der Waals surface area contributed by atoms with Crippen LogP contribution in [0.15, 0.2) is 18.6 Å². The van der Waals surface area contributed by atoms with E-state index in [9.17, 15) is 4.79 Å². The third-order valence-corrected chi connectivity index (χ3v) is 3.40. The van der Waals surface area contributed by atoms with Crippen LogP contribution in [0.3, 0.4) is 0 Å². The number of aromatic nitrogens is 2. The fraction of sp³-hybridized carbons (Fsp3) is 0.667. The minimum Gasteiger partial charge on any atom is -0.444 e. The molecule has 21 heavy (non-hydrogen) atoms. The molecule has 1 aliphatic rings. The van der Waals surface area contributed by atoms with Crippen LogP contribution in [0.25, 0.3) is 0 Å². The van der Waals surface area contributed by atoms with E-state index in [1.165, 1.54) is 0 Å². The second-order valence-corrected chi connectivity index (χ2v) is 6.44. The molecular formula is C15H24N4O2. The molecule has 2 heterocycles. The molecule has 0 aromatic carbocycles. The highest BCUT2D eigenvalue weighted by Gasteiger charge is 2.29. The van der Waals surface area contributed by atoms with Crippen LogP contribution in [0.2, 0.25) is 0 Å². The number of carbonyl (C=O) groups excluding carboxylic acids is 1. The van der Waals surface area contributed by atoms with Gasteiger partial charge in [0.15, 0.2) is 0 Å². The number of ether oxygens (including phenoxy) is 1. The number of hydrogen-bond acceptors (Lipinski definition) is 5. The predicted octanol–water partition coefficient (Wildman–Crippen LogP) is 1.92. The van der Waals surface area contributed by atoms with Crippen molar-refractivity contribution in [3.63, 3.8) is 0 Å². The van der Waals surface area contributed by atoms with Gasteiger partial charge in [-0.15, -0.1) is 0 Å². The van der Waals surface area contributed by atoms with E-state index >= 15 is 0 Å². The topological polar surface area (TPSA) is 58.6 Å². The lowest BCUT2D eigenvalue weighted by atomic mass is 10.2. The molecule has 1 aromatic rings. The molecule has 6 heteroatoms. The van der Waals surface area contributed by atoms with Crippen LogP contribution in [0, 0.1) is 0 Å². The van der Waals surface area contributed by atoms with Gasteiger partial charge in [0.2, 0.25) is 0 Å². The molecule has 116 valence electrons. The third kappa shape index (κ3) is 4.67. The maximum Gasteiger partial charge on any atom is 0.410 e. The van der Waals surface area contributed by atoms with E-state index in [2.05, 4.69) is 21.8 Å². The maximum absolute atomic E-state index is 12.1. The molecule has 1 amide bonds. The van der Waals surface area contributed by atoms with Gasteiger partial charge in [0.1, 0.15) is 5.60 Å². The Bertz CT molecular complexity index is 472. The Kier molecular flexibility index (Phi) is 4.77. The molecule has 0 bridgehead atoms. The zero-order valence-corrected chi connectivity index (χ0v) is 13.2. The van der Waals surface area contributed by atoms with Crippen LogP contribution < -0.4 is 0 Å². The lowest BCUT2D eigenvalue weighted by Gasteiger charge is -2.39. The Morgan fingerprint density at radius 1 is 1.38 bits per heavy atom. The number of amides is 1. The van der Waals surface area contributed by atoms with Crippen molar-refractivity contribution in [1.82, 2.24) is 19.8 Å². The molecule has 1 aromatic heterocycles. The van der Waals surface area contributed by atoms with Crippen LogP contribution in [-0.4, -0.2) is 57.1 Å². The average Bonchev–Trinajstić information content (AvgIpc) is 2.40. The van der Waals surface area contributed by atoms with Gasteiger partial charge in [-0.25, -0.2) is 4.79 Å². The summed E-state index contributed by atoms with van der Waals surface area (Å²) in [6.45, 7) is 10.7. The third-order valence-electron chi connectivity index (χ3n) is 3.40. The predicted molar refractivity (Wildman–Crippen MR) is 79.7 cm³/mol. The molecule has 0 radical (unpaired) electrons. The summed E-state index contributed by atoms with van der Waals surface area (Å²) in [4.78, 5) is 24.6. The minimum atomic E-state index is -0.447. The molecule has 1 fully saturated rings. The SMILES string of the molecule is CC1CN(C(=O)OC(C)(C)C)CCN1Cc1cnccn1. The lowest BCUT2D eigenvalue weighted by Crippen LogP contribution is -2.54. The molecule has 6 nitrogen and oxygen atoms in total. The van der Waals surface area contributed by atoms with E-state index in [0.29, 0.717) is 13.1 Å². The van der Waals surface area contributed by atoms with Crippen LogP contribution in [0.1, 0.15) is 33.4 Å². The Hall–Kier alpha value is -1.69. The van der Waals surface area contributed by atoms with Crippen molar-refractivity contribution in [2.45, 2.75) is 45.9 Å². The summed E-state index contributed by atoms with van der Waals surface area (Å²) in [7, 11) is 0. The monoisotopic (exact) mass is 292 g/mol. The van der Waals surface area contributed by atoms with Crippen molar-refractivity contribution in [2.24, 2.45) is 0 Å². The van der Waals surface area contributed by atoms with Crippen LogP contribution in [-0.2, 0) is 11.3 Å². The lowest BCUT2D eigenvalue weighted by molar-refractivity contribution is 0.00443. The Morgan fingerprint density at radius 2 is 2.14 bits per heavy atom. The van der Waals surface area contributed by atoms with Gasteiger partial charge in [0, 0.05) is 50.8 Å². The first-order valence-corrected chi connectivity index (χ1v) is 7.32. The van der Waals surface area contributed by atoms with E-state index in [1.807, 2.05) is 20.8 Å². The summed E-state index contributed by atoms with van der Waals surface area (Å²) in [6.07, 6.45) is 4.94. The summed E-state index contributed by atoms with van der Waals surface area (Å²) in [5, 5.41) is 0. The van der Waals surface area contributed by atoms with Crippen molar-refractivity contribution in [2.75, 3.05) is 19.6 Å². The number of rotatable bonds is 2. The van der Waals surface area contributed by atoms with Crippen molar-refractivity contribution in [3.05, 3.63) is 24.3 Å². The van der Waals surface area contributed by atoms with Gasteiger partial charge in [0.05, 0.1) is 5.69 Å². The van der Waals surface area contributed by atoms with E-state index in [0.717, 1.165) is 18.8 Å². The van der Waals surface area contributed by atoms with E-state index in [-0.39, 0.29) is 12.1 Å². The highest BCUT2D eigenvalue weighted by Crippen LogP contribution is 2.16.